The maximum absolute atomic E-state index is 12.9. The molecular formula is C18H26N4O3S3. The lowest BCUT2D eigenvalue weighted by molar-refractivity contribution is -0.130. The highest BCUT2D eigenvalue weighted by atomic mass is 32.2. The van der Waals surface area contributed by atoms with Crippen molar-refractivity contribution in [3.63, 3.8) is 0 Å². The van der Waals surface area contributed by atoms with Crippen molar-refractivity contribution in [3.05, 3.63) is 10.4 Å². The van der Waals surface area contributed by atoms with Crippen LogP contribution in [0.3, 0.4) is 0 Å². The van der Waals surface area contributed by atoms with E-state index in [9.17, 15) is 13.2 Å². The van der Waals surface area contributed by atoms with E-state index in [1.54, 1.807) is 16.2 Å². The lowest BCUT2D eigenvalue weighted by atomic mass is 10.2. The SMILES string of the molecule is CCCCN(C(=O)CSc1nc(N)c2c(C)c(C)sc2n1)C1CCS(=O)(=O)C1. The van der Waals surface area contributed by atoms with Crippen LogP contribution >= 0.6 is 23.1 Å². The molecule has 0 bridgehead atoms. The Balaban J connectivity index is 1.72. The van der Waals surface area contributed by atoms with Crippen molar-refractivity contribution in [2.75, 3.05) is 29.5 Å². The lowest BCUT2D eigenvalue weighted by Gasteiger charge is -2.28. The molecule has 2 aromatic rings. The molecule has 1 fully saturated rings. The number of carbonyl (C=O) groups is 1. The molecule has 1 aliphatic heterocycles. The third kappa shape index (κ3) is 4.60. The largest absolute Gasteiger partial charge is 0.383 e. The van der Waals surface area contributed by atoms with Gasteiger partial charge in [0.15, 0.2) is 15.0 Å². The normalized spacial score (nSPS) is 18.6. The minimum Gasteiger partial charge on any atom is -0.383 e. The molecule has 0 radical (unpaired) electrons. The number of thioether (sulfide) groups is 1. The summed E-state index contributed by atoms with van der Waals surface area (Å²) in [5, 5.41) is 1.37. The van der Waals surface area contributed by atoms with Gasteiger partial charge in [-0.1, -0.05) is 25.1 Å². The molecule has 2 aromatic heterocycles. The van der Waals surface area contributed by atoms with Crippen LogP contribution in [0.25, 0.3) is 10.2 Å². The number of nitrogens with two attached hydrogens (primary N) is 1. The Bertz CT molecular complexity index is 988. The van der Waals surface area contributed by atoms with E-state index in [1.807, 2.05) is 13.8 Å². The molecule has 0 aromatic carbocycles. The number of unbranched alkanes of at least 4 members (excludes halogenated alkanes) is 1. The van der Waals surface area contributed by atoms with Gasteiger partial charge >= 0.3 is 0 Å². The van der Waals surface area contributed by atoms with Crippen molar-refractivity contribution >= 4 is 54.9 Å². The van der Waals surface area contributed by atoms with Crippen LogP contribution in [0.5, 0.6) is 0 Å². The number of amides is 1. The number of hydrogen-bond acceptors (Lipinski definition) is 8. The fraction of sp³-hybridized carbons (Fsp3) is 0.611. The minimum absolute atomic E-state index is 0.0658. The van der Waals surface area contributed by atoms with Crippen LogP contribution in [-0.2, 0) is 14.6 Å². The van der Waals surface area contributed by atoms with Gasteiger partial charge in [0.05, 0.1) is 22.6 Å². The first-order chi connectivity index (χ1) is 13.2. The standard InChI is InChI=1S/C18H26N4O3S3/c1-4-5-7-22(13-6-8-28(24,25)10-13)14(23)9-26-18-20-16(19)15-11(2)12(3)27-17(15)21-18/h13H,4-10H2,1-3H3,(H2,19,20,21). The Hall–Kier alpha value is -1.39. The van der Waals surface area contributed by atoms with Crippen LogP contribution in [0.4, 0.5) is 5.82 Å². The van der Waals surface area contributed by atoms with Gasteiger partial charge in [-0.05, 0) is 32.3 Å². The van der Waals surface area contributed by atoms with Crippen molar-refractivity contribution in [1.82, 2.24) is 14.9 Å². The Kier molecular flexibility index (Phi) is 6.51. The van der Waals surface area contributed by atoms with Gasteiger partial charge in [0.2, 0.25) is 5.91 Å². The van der Waals surface area contributed by atoms with Crippen molar-refractivity contribution in [3.8, 4) is 0 Å². The number of anilines is 1. The van der Waals surface area contributed by atoms with Crippen LogP contribution in [0.1, 0.15) is 36.6 Å². The smallest absolute Gasteiger partial charge is 0.233 e. The monoisotopic (exact) mass is 442 g/mol. The highest BCUT2D eigenvalue weighted by molar-refractivity contribution is 7.99. The summed E-state index contributed by atoms with van der Waals surface area (Å²) in [6.45, 7) is 6.67. The van der Waals surface area contributed by atoms with Gasteiger partial charge < -0.3 is 10.6 Å². The third-order valence-electron chi connectivity index (χ3n) is 5.08. The predicted octanol–water partition coefficient (Wildman–Crippen LogP) is 2.80. The quantitative estimate of drug-likeness (QED) is 0.519. The molecule has 1 amide bonds. The molecule has 0 saturated carbocycles. The highest BCUT2D eigenvalue weighted by Gasteiger charge is 2.34. The number of fused-ring (bicyclic) bond motifs is 1. The number of sulfone groups is 1. The van der Waals surface area contributed by atoms with E-state index < -0.39 is 9.84 Å². The summed E-state index contributed by atoms with van der Waals surface area (Å²) in [7, 11) is -3.04. The zero-order valence-corrected chi connectivity index (χ0v) is 18.8. The van der Waals surface area contributed by atoms with Crippen molar-refractivity contribution in [1.29, 1.82) is 0 Å². The Morgan fingerprint density at radius 1 is 1.36 bits per heavy atom. The molecule has 3 heterocycles. The summed E-state index contributed by atoms with van der Waals surface area (Å²) in [5.74, 6) is 0.770. The molecule has 2 N–H and O–H groups in total. The van der Waals surface area contributed by atoms with Crippen LogP contribution in [-0.4, -0.2) is 59.0 Å². The van der Waals surface area contributed by atoms with Crippen LogP contribution in [0, 0.1) is 13.8 Å². The fourth-order valence-electron chi connectivity index (χ4n) is 3.39. The maximum Gasteiger partial charge on any atom is 0.233 e. The summed E-state index contributed by atoms with van der Waals surface area (Å²) in [5.41, 5.74) is 7.21. The third-order valence-corrected chi connectivity index (χ3v) is 8.77. The van der Waals surface area contributed by atoms with E-state index in [1.165, 1.54) is 11.8 Å². The molecule has 28 heavy (non-hydrogen) atoms. The average Bonchev–Trinajstić information content (AvgIpc) is 3.12. The second-order valence-corrected chi connectivity index (χ2v) is 11.5. The molecule has 0 spiro atoms. The Morgan fingerprint density at radius 3 is 2.75 bits per heavy atom. The minimum atomic E-state index is -3.04. The molecule has 0 aliphatic carbocycles. The van der Waals surface area contributed by atoms with Crippen LogP contribution in [0.15, 0.2) is 5.16 Å². The molecule has 154 valence electrons. The summed E-state index contributed by atoms with van der Waals surface area (Å²) < 4.78 is 23.7. The zero-order valence-electron chi connectivity index (χ0n) is 16.4. The van der Waals surface area contributed by atoms with Gasteiger partial charge in [-0.15, -0.1) is 11.3 Å². The van der Waals surface area contributed by atoms with Gasteiger partial charge in [-0.2, -0.15) is 0 Å². The lowest BCUT2D eigenvalue weighted by Crippen LogP contribution is -2.42. The number of carbonyl (C=O) groups excluding carboxylic acids is 1. The van der Waals surface area contributed by atoms with Gasteiger partial charge in [0.25, 0.3) is 0 Å². The second-order valence-electron chi connectivity index (χ2n) is 7.14. The number of nitrogen functional groups attached to an aromatic ring is 1. The first-order valence-corrected chi connectivity index (χ1v) is 13.0. The number of thiophene rings is 1. The van der Waals surface area contributed by atoms with Crippen LogP contribution in [0.2, 0.25) is 0 Å². The zero-order chi connectivity index (χ0) is 20.5. The Labute approximate surface area is 174 Å². The Morgan fingerprint density at radius 2 is 2.11 bits per heavy atom. The molecule has 7 nitrogen and oxygen atoms in total. The molecule has 1 aliphatic rings. The maximum atomic E-state index is 12.9. The van der Waals surface area contributed by atoms with Gasteiger partial charge in [0, 0.05) is 17.5 Å². The summed E-state index contributed by atoms with van der Waals surface area (Å²) in [6.07, 6.45) is 2.32. The summed E-state index contributed by atoms with van der Waals surface area (Å²) in [4.78, 5) is 25.5. The first-order valence-electron chi connectivity index (χ1n) is 9.37. The number of rotatable bonds is 7. The fourth-order valence-corrected chi connectivity index (χ4v) is 6.96. The predicted molar refractivity (Wildman–Crippen MR) is 116 cm³/mol. The van der Waals surface area contributed by atoms with Gasteiger partial charge in [-0.25, -0.2) is 18.4 Å². The van der Waals surface area contributed by atoms with Crippen LogP contribution < -0.4 is 5.73 Å². The van der Waals surface area contributed by atoms with Crippen molar-refractivity contribution in [2.24, 2.45) is 0 Å². The summed E-state index contributed by atoms with van der Waals surface area (Å²) in [6, 6.07) is -0.222. The molecular weight excluding hydrogens is 416 g/mol. The topological polar surface area (TPSA) is 106 Å². The van der Waals surface area contributed by atoms with Crippen molar-refractivity contribution in [2.45, 2.75) is 51.2 Å². The molecule has 10 heteroatoms. The number of aryl methyl sites for hydroxylation is 2. The molecule has 1 unspecified atom stereocenters. The molecule has 3 rings (SSSR count). The number of aromatic nitrogens is 2. The first kappa shape index (κ1) is 21.3. The van der Waals surface area contributed by atoms with E-state index in [-0.39, 0.29) is 29.2 Å². The van der Waals surface area contributed by atoms with E-state index in [4.69, 9.17) is 5.73 Å². The number of nitrogens with zero attached hydrogens (tertiary/aromatic N) is 3. The highest BCUT2D eigenvalue weighted by Crippen LogP contribution is 2.33. The van der Waals surface area contributed by atoms with Gasteiger partial charge in [0.1, 0.15) is 10.6 Å². The molecule has 1 atom stereocenters. The van der Waals surface area contributed by atoms with E-state index in [2.05, 4.69) is 16.9 Å². The van der Waals surface area contributed by atoms with Crippen molar-refractivity contribution < 1.29 is 13.2 Å². The van der Waals surface area contributed by atoms with E-state index in [0.29, 0.717) is 23.9 Å². The average molecular weight is 443 g/mol. The molecule has 1 saturated heterocycles. The van der Waals surface area contributed by atoms with E-state index in [0.717, 1.165) is 33.5 Å². The van der Waals surface area contributed by atoms with E-state index >= 15 is 0 Å². The summed E-state index contributed by atoms with van der Waals surface area (Å²) >= 11 is 2.83. The van der Waals surface area contributed by atoms with Gasteiger partial charge in [-0.3, -0.25) is 4.79 Å². The second kappa shape index (κ2) is 8.54. The number of hydrogen-bond donors (Lipinski definition) is 1.